The fraction of sp³-hybridized carbons (Fsp3) is 0.222. The number of hydrogen-bond donors (Lipinski definition) is 4. The molecule has 2 aromatic rings. The van der Waals surface area contributed by atoms with Gasteiger partial charge < -0.3 is 14.9 Å². The number of hydrogen-bond acceptors (Lipinski definition) is 6. The van der Waals surface area contributed by atoms with Gasteiger partial charge in [-0.15, -0.1) is 0 Å². The van der Waals surface area contributed by atoms with E-state index in [4.69, 9.17) is 27.7 Å². The van der Waals surface area contributed by atoms with Crippen LogP contribution in [0.25, 0.3) is 0 Å². The minimum atomic E-state index is -4.67. The number of methoxy groups -OCH3 is 1. The number of halogens is 2. The lowest BCUT2D eigenvalue weighted by atomic mass is 10.1. The molecule has 0 aliphatic rings. The van der Waals surface area contributed by atoms with Gasteiger partial charge in [0.15, 0.2) is 0 Å². The summed E-state index contributed by atoms with van der Waals surface area (Å²) in [7, 11) is -2.28. The van der Waals surface area contributed by atoms with Gasteiger partial charge >= 0.3 is 22.3 Å². The van der Waals surface area contributed by atoms with Crippen LogP contribution in [0.2, 0.25) is 0 Å². The van der Waals surface area contributed by atoms with Crippen LogP contribution in [-0.2, 0) is 15.1 Å². The number of carboxylic acid groups (broad SMARTS) is 1. The van der Waals surface area contributed by atoms with E-state index < -0.39 is 16.4 Å². The van der Waals surface area contributed by atoms with E-state index in [1.54, 1.807) is 18.2 Å². The second kappa shape index (κ2) is 15.5. The number of esters is 1. The average Bonchev–Trinajstić information content (AvgIpc) is 2.66. The fourth-order valence-corrected chi connectivity index (χ4v) is 2.59. The van der Waals surface area contributed by atoms with E-state index in [1.165, 1.54) is 12.7 Å². The normalized spacial score (nSPS) is 9.50. The van der Waals surface area contributed by atoms with Crippen LogP contribution >= 0.6 is 45.2 Å². The minimum Gasteiger partial charge on any atom is -0.478 e. The number of aryl methyl sites for hydroxylation is 2. The Balaban J connectivity index is 0. The molecule has 2 aromatic carbocycles. The first-order valence-corrected chi connectivity index (χ1v) is 11.3. The van der Waals surface area contributed by atoms with Gasteiger partial charge in [0.05, 0.1) is 18.2 Å². The van der Waals surface area contributed by atoms with Crippen molar-refractivity contribution in [2.75, 3.05) is 14.2 Å². The molecule has 0 fully saturated rings. The number of ether oxygens (including phenoxy) is 1. The molecule has 9 nitrogen and oxygen atoms in total. The molecule has 12 heteroatoms. The summed E-state index contributed by atoms with van der Waals surface area (Å²) in [5.74, 6) is -1.16. The maximum atomic E-state index is 11.1. The van der Waals surface area contributed by atoms with Crippen LogP contribution in [0.3, 0.4) is 0 Å². The standard InChI is InChI=1S/C9H9IO2.C8H7IO2.CH4O.H2O4S/c1-6-3-4-7(5-8(6)10)9(11)12-2;1-5-2-3-6(8(10)11)4-7(5)9;1-2;1-5(2,3)4/h3-5H,1-2H3;2-4H,1H3,(H,10,11);2H,1H3;(H2,1,2,3,4). The van der Waals surface area contributed by atoms with Crippen LogP contribution in [0.4, 0.5) is 0 Å². The van der Waals surface area contributed by atoms with Crippen LogP contribution in [-0.4, -0.2) is 53.9 Å². The highest BCUT2D eigenvalue weighted by atomic mass is 127. The first kappa shape index (κ1) is 30.9. The zero-order valence-corrected chi connectivity index (χ0v) is 21.6. The molecule has 0 bridgehead atoms. The predicted octanol–water partition coefficient (Wildman–Crippen LogP) is 3.64. The summed E-state index contributed by atoms with van der Waals surface area (Å²) in [5, 5.41) is 15.6. The average molecular weight is 668 g/mol. The zero-order chi connectivity index (χ0) is 24.1. The molecule has 0 unspecified atom stereocenters. The van der Waals surface area contributed by atoms with Crippen LogP contribution < -0.4 is 0 Å². The van der Waals surface area contributed by atoms with Crippen molar-refractivity contribution in [1.29, 1.82) is 0 Å². The van der Waals surface area contributed by atoms with E-state index in [-0.39, 0.29) is 5.97 Å². The molecule has 0 saturated heterocycles. The molecular weight excluding hydrogens is 646 g/mol. The first-order valence-electron chi connectivity index (χ1n) is 7.74. The highest BCUT2D eigenvalue weighted by molar-refractivity contribution is 14.1. The number of aromatic carboxylic acids is 1. The Morgan fingerprint density at radius 3 is 1.50 bits per heavy atom. The van der Waals surface area contributed by atoms with Gasteiger partial charge in [-0.2, -0.15) is 8.42 Å². The van der Waals surface area contributed by atoms with Gasteiger partial charge in [-0.25, -0.2) is 9.59 Å². The van der Waals surface area contributed by atoms with Crippen molar-refractivity contribution in [2.24, 2.45) is 0 Å². The maximum absolute atomic E-state index is 11.1. The molecule has 0 amide bonds. The molecule has 168 valence electrons. The zero-order valence-electron chi connectivity index (χ0n) is 16.5. The highest BCUT2D eigenvalue weighted by Crippen LogP contribution is 2.14. The van der Waals surface area contributed by atoms with Crippen LogP contribution in [0.5, 0.6) is 0 Å². The second-order valence-electron chi connectivity index (χ2n) is 5.17. The molecule has 0 heterocycles. The molecule has 2 rings (SSSR count). The summed E-state index contributed by atoms with van der Waals surface area (Å²) in [6, 6.07) is 10.6. The number of rotatable bonds is 2. The van der Waals surface area contributed by atoms with Gasteiger partial charge in [0.25, 0.3) is 0 Å². The van der Waals surface area contributed by atoms with Crippen LogP contribution in [0, 0.1) is 21.0 Å². The second-order valence-corrected chi connectivity index (χ2v) is 8.39. The third-order valence-electron chi connectivity index (χ3n) is 3.01. The van der Waals surface area contributed by atoms with Gasteiger partial charge in [0, 0.05) is 14.3 Å². The highest BCUT2D eigenvalue weighted by Gasteiger charge is 2.05. The number of carbonyl (C=O) groups is 2. The SMILES string of the molecule is CO.COC(=O)c1ccc(C)c(I)c1.Cc1ccc(C(=O)O)cc1I.O=S(=O)(O)O. The molecule has 0 radical (unpaired) electrons. The Labute approximate surface area is 202 Å². The van der Waals surface area contributed by atoms with E-state index in [0.717, 1.165) is 19.8 Å². The lowest BCUT2D eigenvalue weighted by molar-refractivity contribution is 0.0599. The fourth-order valence-electron chi connectivity index (χ4n) is 1.56. The molecule has 4 N–H and O–H groups in total. The summed E-state index contributed by atoms with van der Waals surface area (Å²) in [4.78, 5) is 21.5. The summed E-state index contributed by atoms with van der Waals surface area (Å²) in [6.07, 6.45) is 0. The Hall–Kier alpha value is -1.33. The third kappa shape index (κ3) is 14.6. The molecule has 0 saturated carbocycles. The van der Waals surface area contributed by atoms with Crippen molar-refractivity contribution in [3.05, 3.63) is 65.8 Å². The number of carboxylic acids is 1. The number of aliphatic hydroxyl groups excluding tert-OH is 1. The van der Waals surface area contributed by atoms with E-state index in [1.807, 2.05) is 32.0 Å². The van der Waals surface area contributed by atoms with Crippen LogP contribution in [0.1, 0.15) is 31.8 Å². The Morgan fingerprint density at radius 2 is 1.20 bits per heavy atom. The smallest absolute Gasteiger partial charge is 0.394 e. The van der Waals surface area contributed by atoms with Gasteiger partial charge in [-0.1, -0.05) is 12.1 Å². The lowest BCUT2D eigenvalue weighted by Gasteiger charge is -2.01. The number of benzene rings is 2. The number of carbonyl (C=O) groups excluding carboxylic acids is 1. The van der Waals surface area contributed by atoms with Gasteiger partial charge in [-0.3, -0.25) is 9.11 Å². The quantitative estimate of drug-likeness (QED) is 0.213. The van der Waals surface area contributed by atoms with Gasteiger partial charge in [-0.05, 0) is 94.4 Å². The summed E-state index contributed by atoms with van der Waals surface area (Å²) in [5.41, 5.74) is 3.23. The van der Waals surface area contributed by atoms with Gasteiger partial charge in [0.2, 0.25) is 0 Å². The van der Waals surface area contributed by atoms with Crippen molar-refractivity contribution in [1.82, 2.24) is 0 Å². The van der Waals surface area contributed by atoms with Gasteiger partial charge in [0.1, 0.15) is 0 Å². The molecular formula is C18H22I2O9S. The first-order chi connectivity index (χ1) is 13.8. The van der Waals surface area contributed by atoms with Crippen molar-refractivity contribution >= 4 is 67.5 Å². The topological polar surface area (TPSA) is 158 Å². The van der Waals surface area contributed by atoms with E-state index >= 15 is 0 Å². The third-order valence-corrected chi connectivity index (χ3v) is 5.34. The minimum absolute atomic E-state index is 0.284. The predicted molar refractivity (Wildman–Crippen MR) is 128 cm³/mol. The molecule has 30 heavy (non-hydrogen) atoms. The Morgan fingerprint density at radius 1 is 0.867 bits per heavy atom. The van der Waals surface area contributed by atoms with Crippen LogP contribution in [0.15, 0.2) is 36.4 Å². The van der Waals surface area contributed by atoms with E-state index in [9.17, 15) is 9.59 Å². The summed E-state index contributed by atoms with van der Waals surface area (Å²) >= 11 is 4.31. The lowest BCUT2D eigenvalue weighted by Crippen LogP contribution is -2.01. The largest absolute Gasteiger partial charge is 0.478 e. The molecule has 0 atom stereocenters. The molecule has 0 spiro atoms. The van der Waals surface area contributed by atoms with Crippen molar-refractivity contribution in [3.8, 4) is 0 Å². The number of aliphatic hydroxyl groups is 1. The molecule has 0 aliphatic carbocycles. The van der Waals surface area contributed by atoms with E-state index in [0.29, 0.717) is 11.1 Å². The Bertz CT molecular complexity index is 937. The van der Waals surface area contributed by atoms with Crippen molar-refractivity contribution < 1.29 is 42.1 Å². The molecule has 0 aliphatic heterocycles. The molecule has 0 aromatic heterocycles. The van der Waals surface area contributed by atoms with Crippen molar-refractivity contribution in [2.45, 2.75) is 13.8 Å². The summed E-state index contributed by atoms with van der Waals surface area (Å²) < 4.78 is 38.2. The maximum Gasteiger partial charge on any atom is 0.394 e. The Kier molecular flexibility index (Phi) is 15.9. The van der Waals surface area contributed by atoms with Crippen molar-refractivity contribution in [3.63, 3.8) is 0 Å². The monoisotopic (exact) mass is 668 g/mol. The van der Waals surface area contributed by atoms with E-state index in [2.05, 4.69) is 49.9 Å². The summed E-state index contributed by atoms with van der Waals surface area (Å²) in [6.45, 7) is 3.95.